The summed E-state index contributed by atoms with van der Waals surface area (Å²) in [6.07, 6.45) is 6.58. The molecule has 0 aromatic heterocycles. The number of likely N-dealkylation sites (tertiary alicyclic amines) is 1. The first-order chi connectivity index (χ1) is 11.7. The van der Waals surface area contributed by atoms with Gasteiger partial charge in [-0.3, -0.25) is 9.69 Å². The van der Waals surface area contributed by atoms with Crippen LogP contribution in [0.2, 0.25) is 0 Å². The van der Waals surface area contributed by atoms with Crippen LogP contribution in [0.3, 0.4) is 0 Å². The van der Waals surface area contributed by atoms with E-state index < -0.39 is 5.41 Å². The zero-order valence-corrected chi connectivity index (χ0v) is 14.7. The van der Waals surface area contributed by atoms with E-state index in [0.717, 1.165) is 38.1 Å². The zero-order valence-electron chi connectivity index (χ0n) is 14.7. The SMILES string of the molecule is CCOC(=O)[C@@]1(CCOc2ccccc2)CCCN(C2CCC2)C1. The van der Waals surface area contributed by atoms with Gasteiger partial charge in [0.05, 0.1) is 18.6 Å². The number of ether oxygens (including phenoxy) is 2. The topological polar surface area (TPSA) is 38.8 Å². The number of esters is 1. The Bertz CT molecular complexity index is 529. The molecular formula is C20H29NO3. The fourth-order valence-corrected chi connectivity index (χ4v) is 3.87. The second-order valence-corrected chi connectivity index (χ2v) is 7.07. The van der Waals surface area contributed by atoms with Crippen LogP contribution in [-0.4, -0.2) is 43.2 Å². The molecule has 2 fully saturated rings. The normalized spacial score (nSPS) is 25.0. The van der Waals surface area contributed by atoms with Crippen molar-refractivity contribution in [3.63, 3.8) is 0 Å². The third-order valence-corrected chi connectivity index (χ3v) is 5.50. The third-order valence-electron chi connectivity index (χ3n) is 5.50. The summed E-state index contributed by atoms with van der Waals surface area (Å²) in [7, 11) is 0. The first kappa shape index (κ1) is 17.3. The predicted molar refractivity (Wildman–Crippen MR) is 94.1 cm³/mol. The van der Waals surface area contributed by atoms with Crippen molar-refractivity contribution in [3.8, 4) is 5.75 Å². The van der Waals surface area contributed by atoms with Gasteiger partial charge >= 0.3 is 5.97 Å². The first-order valence-corrected chi connectivity index (χ1v) is 9.33. The van der Waals surface area contributed by atoms with Crippen molar-refractivity contribution in [2.45, 2.75) is 51.5 Å². The van der Waals surface area contributed by atoms with Crippen LogP contribution in [0.15, 0.2) is 30.3 Å². The number of hydrogen-bond acceptors (Lipinski definition) is 4. The quantitative estimate of drug-likeness (QED) is 0.715. The van der Waals surface area contributed by atoms with Crippen LogP contribution in [0.4, 0.5) is 0 Å². The fraction of sp³-hybridized carbons (Fsp3) is 0.650. The summed E-state index contributed by atoms with van der Waals surface area (Å²) in [5, 5.41) is 0. The van der Waals surface area contributed by atoms with E-state index in [1.165, 1.54) is 19.3 Å². The molecule has 0 amide bonds. The highest BCUT2D eigenvalue weighted by Crippen LogP contribution is 2.38. The highest BCUT2D eigenvalue weighted by Gasteiger charge is 2.45. The molecule has 0 unspecified atom stereocenters. The Balaban J connectivity index is 1.64. The Hall–Kier alpha value is -1.55. The van der Waals surface area contributed by atoms with Gasteiger partial charge in [0.25, 0.3) is 0 Å². The number of hydrogen-bond donors (Lipinski definition) is 0. The summed E-state index contributed by atoms with van der Waals surface area (Å²) in [5.41, 5.74) is -0.404. The molecule has 3 rings (SSSR count). The lowest BCUT2D eigenvalue weighted by Crippen LogP contribution is -2.54. The summed E-state index contributed by atoms with van der Waals surface area (Å²) >= 11 is 0. The largest absolute Gasteiger partial charge is 0.494 e. The van der Waals surface area contributed by atoms with E-state index in [1.807, 2.05) is 37.3 Å². The van der Waals surface area contributed by atoms with Gasteiger partial charge in [0, 0.05) is 12.6 Å². The average molecular weight is 331 g/mol. The first-order valence-electron chi connectivity index (χ1n) is 9.33. The van der Waals surface area contributed by atoms with Crippen molar-refractivity contribution in [1.82, 2.24) is 4.90 Å². The second kappa shape index (κ2) is 8.02. The molecule has 1 aromatic rings. The molecule has 1 heterocycles. The van der Waals surface area contributed by atoms with Gasteiger partial charge in [0.2, 0.25) is 0 Å². The molecule has 0 bridgehead atoms. The Morgan fingerprint density at radius 1 is 1.25 bits per heavy atom. The van der Waals surface area contributed by atoms with Crippen molar-refractivity contribution >= 4 is 5.97 Å². The number of nitrogens with zero attached hydrogens (tertiary/aromatic N) is 1. The highest BCUT2D eigenvalue weighted by molar-refractivity contribution is 5.77. The molecule has 0 spiro atoms. The van der Waals surface area contributed by atoms with E-state index in [2.05, 4.69) is 4.90 Å². The standard InChI is InChI=1S/C20H29NO3/c1-2-23-19(22)20(13-15-24-18-10-4-3-5-11-18)12-7-14-21(16-20)17-8-6-9-17/h3-5,10-11,17H,2,6-9,12-16H2,1H3/t20-/m1/s1. The molecule has 0 N–H and O–H groups in total. The number of rotatable bonds is 7. The number of para-hydroxylation sites is 1. The Kier molecular flexibility index (Phi) is 5.77. The summed E-state index contributed by atoms with van der Waals surface area (Å²) in [6.45, 7) is 4.84. The average Bonchev–Trinajstić information content (AvgIpc) is 2.55. The molecule has 2 aliphatic rings. The van der Waals surface area contributed by atoms with Crippen LogP contribution in [0.1, 0.15) is 45.4 Å². The summed E-state index contributed by atoms with van der Waals surface area (Å²) in [4.78, 5) is 15.3. The lowest BCUT2D eigenvalue weighted by atomic mass is 9.75. The summed E-state index contributed by atoms with van der Waals surface area (Å²) in [6, 6.07) is 10.5. The van der Waals surface area contributed by atoms with Gasteiger partial charge in [0.1, 0.15) is 5.75 Å². The van der Waals surface area contributed by atoms with Gasteiger partial charge in [-0.15, -0.1) is 0 Å². The lowest BCUT2D eigenvalue weighted by Gasteiger charge is -2.46. The minimum absolute atomic E-state index is 0.0364. The summed E-state index contributed by atoms with van der Waals surface area (Å²) < 4.78 is 11.3. The molecule has 1 aliphatic carbocycles. The smallest absolute Gasteiger partial charge is 0.313 e. The molecule has 1 aliphatic heterocycles. The van der Waals surface area contributed by atoms with Crippen LogP contribution < -0.4 is 4.74 Å². The van der Waals surface area contributed by atoms with E-state index in [-0.39, 0.29) is 5.97 Å². The van der Waals surface area contributed by atoms with Crippen LogP contribution in [0.5, 0.6) is 5.75 Å². The maximum absolute atomic E-state index is 12.7. The fourth-order valence-electron chi connectivity index (χ4n) is 3.87. The van der Waals surface area contributed by atoms with Crippen molar-refractivity contribution in [1.29, 1.82) is 0 Å². The van der Waals surface area contributed by atoms with Crippen molar-refractivity contribution < 1.29 is 14.3 Å². The molecule has 1 atom stereocenters. The van der Waals surface area contributed by atoms with E-state index in [9.17, 15) is 4.79 Å². The molecule has 132 valence electrons. The maximum atomic E-state index is 12.7. The minimum Gasteiger partial charge on any atom is -0.494 e. The molecule has 1 aromatic carbocycles. The van der Waals surface area contributed by atoms with Crippen LogP contribution >= 0.6 is 0 Å². The van der Waals surface area contributed by atoms with Crippen LogP contribution in [-0.2, 0) is 9.53 Å². The summed E-state index contributed by atoms with van der Waals surface area (Å²) in [5.74, 6) is 0.828. The van der Waals surface area contributed by atoms with Gasteiger partial charge in [-0.2, -0.15) is 0 Å². The molecule has 4 heteroatoms. The van der Waals surface area contributed by atoms with Gasteiger partial charge < -0.3 is 9.47 Å². The lowest BCUT2D eigenvalue weighted by molar-refractivity contribution is -0.161. The zero-order chi connectivity index (χ0) is 16.8. The van der Waals surface area contributed by atoms with Crippen molar-refractivity contribution in [2.75, 3.05) is 26.3 Å². The Morgan fingerprint density at radius 2 is 2.04 bits per heavy atom. The van der Waals surface area contributed by atoms with Gasteiger partial charge in [0.15, 0.2) is 0 Å². The molecule has 1 saturated heterocycles. The monoisotopic (exact) mass is 331 g/mol. The van der Waals surface area contributed by atoms with E-state index >= 15 is 0 Å². The van der Waals surface area contributed by atoms with Gasteiger partial charge in [-0.25, -0.2) is 0 Å². The van der Waals surface area contributed by atoms with Crippen LogP contribution in [0.25, 0.3) is 0 Å². The Labute approximate surface area is 145 Å². The van der Waals surface area contributed by atoms with Crippen LogP contribution in [0, 0.1) is 5.41 Å². The van der Waals surface area contributed by atoms with Gasteiger partial charge in [-0.05, 0) is 57.7 Å². The Morgan fingerprint density at radius 3 is 2.71 bits per heavy atom. The maximum Gasteiger partial charge on any atom is 0.313 e. The number of piperidine rings is 1. The predicted octanol–water partition coefficient (Wildman–Crippen LogP) is 3.65. The molecule has 24 heavy (non-hydrogen) atoms. The molecular weight excluding hydrogens is 302 g/mol. The van der Waals surface area contributed by atoms with Crippen molar-refractivity contribution in [2.24, 2.45) is 5.41 Å². The highest BCUT2D eigenvalue weighted by atomic mass is 16.5. The number of carbonyl (C=O) groups is 1. The third kappa shape index (κ3) is 3.92. The van der Waals surface area contributed by atoms with E-state index in [4.69, 9.17) is 9.47 Å². The minimum atomic E-state index is -0.404. The molecule has 0 radical (unpaired) electrons. The number of carbonyl (C=O) groups excluding carboxylic acids is 1. The second-order valence-electron chi connectivity index (χ2n) is 7.07. The number of benzene rings is 1. The molecule has 4 nitrogen and oxygen atoms in total. The van der Waals surface area contributed by atoms with E-state index in [1.54, 1.807) is 0 Å². The van der Waals surface area contributed by atoms with E-state index in [0.29, 0.717) is 19.3 Å². The van der Waals surface area contributed by atoms with Gasteiger partial charge in [-0.1, -0.05) is 24.6 Å². The van der Waals surface area contributed by atoms with Crippen molar-refractivity contribution in [3.05, 3.63) is 30.3 Å². The molecule has 1 saturated carbocycles.